The molecule has 0 saturated heterocycles. The first-order valence-corrected chi connectivity index (χ1v) is 5.04. The molecule has 0 atom stereocenters. The van der Waals surface area contributed by atoms with Crippen LogP contribution in [0.3, 0.4) is 0 Å². The lowest BCUT2D eigenvalue weighted by molar-refractivity contribution is 0.394. The van der Waals surface area contributed by atoms with E-state index in [9.17, 15) is 0 Å². The second-order valence-electron chi connectivity index (χ2n) is 3.81. The van der Waals surface area contributed by atoms with Crippen LogP contribution in [-0.4, -0.2) is 42.1 Å². The number of nitrogens with zero attached hydrogens (tertiary/aromatic N) is 2. The number of aromatic amines is 1. The molecule has 0 amide bonds. The first-order chi connectivity index (χ1) is 6.70. The van der Waals surface area contributed by atoms with E-state index in [1.165, 1.54) is 6.42 Å². The van der Waals surface area contributed by atoms with Crippen molar-refractivity contribution in [3.63, 3.8) is 0 Å². The number of nitrogens with one attached hydrogen (secondary N) is 2. The number of hydrogen-bond acceptors (Lipinski definition) is 3. The Morgan fingerprint density at radius 3 is 2.86 bits per heavy atom. The highest BCUT2D eigenvalue weighted by Crippen LogP contribution is 1.98. The maximum Gasteiger partial charge on any atom is 0.0925 e. The Bertz CT molecular complexity index is 254. The lowest BCUT2D eigenvalue weighted by Crippen LogP contribution is -2.21. The Morgan fingerprint density at radius 2 is 2.29 bits per heavy atom. The number of imidazole rings is 1. The third-order valence-electron chi connectivity index (χ3n) is 2.19. The Kier molecular flexibility index (Phi) is 4.62. The molecule has 0 saturated carbocycles. The highest BCUT2D eigenvalue weighted by molar-refractivity contribution is 5.07. The molecule has 14 heavy (non-hydrogen) atoms. The molecule has 0 bridgehead atoms. The molecule has 1 aromatic rings. The van der Waals surface area contributed by atoms with Crippen LogP contribution in [0.1, 0.15) is 17.8 Å². The van der Waals surface area contributed by atoms with E-state index in [4.69, 9.17) is 0 Å². The van der Waals surface area contributed by atoms with Crippen LogP contribution in [0, 0.1) is 6.92 Å². The van der Waals surface area contributed by atoms with E-state index in [2.05, 4.69) is 34.3 Å². The van der Waals surface area contributed by atoms with E-state index in [0.717, 1.165) is 31.0 Å². The van der Waals surface area contributed by atoms with Crippen LogP contribution in [0.5, 0.6) is 0 Å². The second kappa shape index (κ2) is 5.78. The zero-order valence-electron chi connectivity index (χ0n) is 9.30. The monoisotopic (exact) mass is 196 g/mol. The number of aryl methyl sites for hydroxylation is 1. The first-order valence-electron chi connectivity index (χ1n) is 5.04. The van der Waals surface area contributed by atoms with Gasteiger partial charge in [-0.05, 0) is 40.5 Å². The van der Waals surface area contributed by atoms with Crippen molar-refractivity contribution in [2.45, 2.75) is 19.9 Å². The molecule has 80 valence electrons. The third-order valence-corrected chi connectivity index (χ3v) is 2.19. The summed E-state index contributed by atoms with van der Waals surface area (Å²) in [6.07, 6.45) is 2.92. The van der Waals surface area contributed by atoms with E-state index in [1.54, 1.807) is 6.33 Å². The molecule has 1 aromatic heterocycles. The largest absolute Gasteiger partial charge is 0.348 e. The van der Waals surface area contributed by atoms with Crippen molar-refractivity contribution in [3.05, 3.63) is 17.7 Å². The number of aromatic nitrogens is 2. The van der Waals surface area contributed by atoms with Gasteiger partial charge in [0.05, 0.1) is 12.0 Å². The van der Waals surface area contributed by atoms with Gasteiger partial charge in [0.1, 0.15) is 0 Å². The Labute approximate surface area is 85.7 Å². The zero-order chi connectivity index (χ0) is 10.4. The van der Waals surface area contributed by atoms with E-state index >= 15 is 0 Å². The maximum atomic E-state index is 4.22. The van der Waals surface area contributed by atoms with Crippen molar-refractivity contribution in [1.82, 2.24) is 20.2 Å². The van der Waals surface area contributed by atoms with Crippen LogP contribution in [-0.2, 0) is 6.54 Å². The molecule has 0 aliphatic rings. The van der Waals surface area contributed by atoms with Gasteiger partial charge in [-0.15, -0.1) is 0 Å². The first kappa shape index (κ1) is 11.2. The van der Waals surface area contributed by atoms with Gasteiger partial charge in [0.25, 0.3) is 0 Å². The molecule has 1 rings (SSSR count). The molecule has 4 nitrogen and oxygen atoms in total. The average molecular weight is 196 g/mol. The normalized spacial score (nSPS) is 11.1. The van der Waals surface area contributed by atoms with Crippen LogP contribution in [0.2, 0.25) is 0 Å². The highest BCUT2D eigenvalue weighted by atomic mass is 15.1. The lowest BCUT2D eigenvalue weighted by Gasteiger charge is -2.09. The minimum Gasteiger partial charge on any atom is -0.348 e. The molecule has 0 unspecified atom stereocenters. The molecular formula is C10H20N4. The molecule has 0 aromatic carbocycles. The van der Waals surface area contributed by atoms with E-state index < -0.39 is 0 Å². The van der Waals surface area contributed by atoms with Crippen molar-refractivity contribution in [3.8, 4) is 0 Å². The van der Waals surface area contributed by atoms with Gasteiger partial charge in [0.2, 0.25) is 0 Å². The molecular weight excluding hydrogens is 176 g/mol. The molecule has 1 heterocycles. The van der Waals surface area contributed by atoms with Gasteiger partial charge in [0, 0.05) is 12.2 Å². The van der Waals surface area contributed by atoms with Gasteiger partial charge in [-0.3, -0.25) is 0 Å². The van der Waals surface area contributed by atoms with Crippen molar-refractivity contribution in [2.75, 3.05) is 27.2 Å². The van der Waals surface area contributed by atoms with Gasteiger partial charge in [0.15, 0.2) is 0 Å². The molecule has 4 heteroatoms. The van der Waals surface area contributed by atoms with Gasteiger partial charge in [-0.2, -0.15) is 0 Å². The van der Waals surface area contributed by atoms with Crippen LogP contribution in [0.15, 0.2) is 6.33 Å². The van der Waals surface area contributed by atoms with Crippen LogP contribution in [0.25, 0.3) is 0 Å². The zero-order valence-corrected chi connectivity index (χ0v) is 9.30. The van der Waals surface area contributed by atoms with Crippen molar-refractivity contribution >= 4 is 0 Å². The van der Waals surface area contributed by atoms with E-state index in [0.29, 0.717) is 0 Å². The SMILES string of the molecule is Cc1[nH]cnc1CNCCCN(C)C. The summed E-state index contributed by atoms with van der Waals surface area (Å²) in [6.45, 7) is 5.09. The van der Waals surface area contributed by atoms with Crippen LogP contribution < -0.4 is 5.32 Å². The summed E-state index contributed by atoms with van der Waals surface area (Å²) in [5.41, 5.74) is 2.28. The summed E-state index contributed by atoms with van der Waals surface area (Å²) in [5, 5.41) is 3.37. The molecule has 0 fully saturated rings. The fourth-order valence-corrected chi connectivity index (χ4v) is 1.29. The Balaban J connectivity index is 2.08. The molecule has 0 radical (unpaired) electrons. The maximum absolute atomic E-state index is 4.22. The minimum atomic E-state index is 0.864. The second-order valence-corrected chi connectivity index (χ2v) is 3.81. The summed E-state index contributed by atoms with van der Waals surface area (Å²) >= 11 is 0. The molecule has 2 N–H and O–H groups in total. The Hall–Kier alpha value is -0.870. The molecule has 0 spiro atoms. The predicted molar refractivity (Wildman–Crippen MR) is 58.2 cm³/mol. The molecule has 0 aliphatic heterocycles. The number of H-pyrrole nitrogens is 1. The number of rotatable bonds is 6. The van der Waals surface area contributed by atoms with Gasteiger partial charge in [-0.1, -0.05) is 0 Å². The summed E-state index contributed by atoms with van der Waals surface area (Å²) in [6, 6.07) is 0. The van der Waals surface area contributed by atoms with Crippen LogP contribution in [0.4, 0.5) is 0 Å². The fraction of sp³-hybridized carbons (Fsp3) is 0.700. The highest BCUT2D eigenvalue weighted by Gasteiger charge is 1.99. The summed E-state index contributed by atoms with van der Waals surface area (Å²) in [5.74, 6) is 0. The standard InChI is InChI=1S/C10H20N4/c1-9-10(13-8-12-9)7-11-5-4-6-14(2)3/h8,11H,4-7H2,1-3H3,(H,12,13). The van der Waals surface area contributed by atoms with E-state index in [-0.39, 0.29) is 0 Å². The van der Waals surface area contributed by atoms with Gasteiger partial charge >= 0.3 is 0 Å². The fourth-order valence-electron chi connectivity index (χ4n) is 1.29. The van der Waals surface area contributed by atoms with E-state index in [1.807, 2.05) is 6.92 Å². The third kappa shape index (κ3) is 3.89. The van der Waals surface area contributed by atoms with Crippen molar-refractivity contribution in [1.29, 1.82) is 0 Å². The number of hydrogen-bond donors (Lipinski definition) is 2. The smallest absolute Gasteiger partial charge is 0.0925 e. The lowest BCUT2D eigenvalue weighted by atomic mass is 10.3. The molecule has 0 aliphatic carbocycles. The summed E-state index contributed by atoms with van der Waals surface area (Å²) in [7, 11) is 4.19. The quantitative estimate of drug-likeness (QED) is 0.660. The van der Waals surface area contributed by atoms with Crippen molar-refractivity contribution < 1.29 is 0 Å². The average Bonchev–Trinajstić information content (AvgIpc) is 2.51. The topological polar surface area (TPSA) is 44.0 Å². The minimum absolute atomic E-state index is 0.864. The Morgan fingerprint density at radius 1 is 1.50 bits per heavy atom. The summed E-state index contributed by atoms with van der Waals surface area (Å²) < 4.78 is 0. The van der Waals surface area contributed by atoms with Crippen LogP contribution >= 0.6 is 0 Å². The summed E-state index contributed by atoms with van der Waals surface area (Å²) in [4.78, 5) is 9.48. The van der Waals surface area contributed by atoms with Gasteiger partial charge in [-0.25, -0.2) is 4.98 Å². The van der Waals surface area contributed by atoms with Gasteiger partial charge < -0.3 is 15.2 Å². The predicted octanol–water partition coefficient (Wildman–Crippen LogP) is 0.759. The van der Waals surface area contributed by atoms with Crippen molar-refractivity contribution in [2.24, 2.45) is 0 Å².